The lowest BCUT2D eigenvalue weighted by atomic mass is 10.0. The van der Waals surface area contributed by atoms with E-state index >= 15 is 0 Å². The first-order valence-corrected chi connectivity index (χ1v) is 9.66. The molecule has 3 aromatic carbocycles. The van der Waals surface area contributed by atoms with Crippen molar-refractivity contribution in [3.8, 4) is 11.1 Å². The topological polar surface area (TPSA) is 69.6 Å². The molecule has 0 aromatic heterocycles. The van der Waals surface area contributed by atoms with Crippen LogP contribution in [0.4, 0.5) is 10.5 Å². The Hall–Kier alpha value is -3.57. The van der Waals surface area contributed by atoms with Gasteiger partial charge >= 0.3 is 6.09 Å². The molecule has 2 amide bonds. The molecule has 0 fully saturated rings. The Morgan fingerprint density at radius 3 is 2.07 bits per heavy atom. The molecule has 0 aliphatic heterocycles. The van der Waals surface area contributed by atoms with E-state index in [1.54, 1.807) is 30.3 Å². The summed E-state index contributed by atoms with van der Waals surface area (Å²) in [6.07, 6.45) is 2.24. The van der Waals surface area contributed by atoms with Crippen LogP contribution in [0.25, 0.3) is 17.2 Å². The van der Waals surface area contributed by atoms with Gasteiger partial charge in [0.25, 0.3) is 0 Å². The van der Waals surface area contributed by atoms with E-state index in [4.69, 9.17) is 16.7 Å². The summed E-state index contributed by atoms with van der Waals surface area (Å²) >= 11 is 5.92. The van der Waals surface area contributed by atoms with Gasteiger partial charge in [-0.25, -0.2) is 4.79 Å². The minimum absolute atomic E-state index is 0.243. The van der Waals surface area contributed by atoms with Gasteiger partial charge in [0.1, 0.15) is 0 Å². The lowest BCUT2D eigenvalue weighted by Crippen LogP contribution is -2.23. The van der Waals surface area contributed by atoms with Crippen LogP contribution in [0.2, 0.25) is 5.02 Å². The van der Waals surface area contributed by atoms with E-state index in [1.807, 2.05) is 48.5 Å². The minimum Gasteiger partial charge on any atom is -0.465 e. The monoisotopic (exact) mass is 420 g/mol. The Labute approximate surface area is 180 Å². The third-order valence-electron chi connectivity index (χ3n) is 4.48. The third-order valence-corrected chi connectivity index (χ3v) is 4.74. The average molecular weight is 421 g/mol. The van der Waals surface area contributed by atoms with Crippen LogP contribution >= 0.6 is 11.6 Å². The molecule has 0 saturated carbocycles. The van der Waals surface area contributed by atoms with Crippen LogP contribution in [-0.4, -0.2) is 29.1 Å². The van der Waals surface area contributed by atoms with Crippen molar-refractivity contribution in [1.29, 1.82) is 0 Å². The summed E-state index contributed by atoms with van der Waals surface area (Å²) in [4.78, 5) is 24.2. The van der Waals surface area contributed by atoms with Gasteiger partial charge in [0.2, 0.25) is 5.91 Å². The van der Waals surface area contributed by atoms with Crippen LogP contribution in [0.1, 0.15) is 11.1 Å². The summed E-state index contributed by atoms with van der Waals surface area (Å²) in [6.45, 7) is 0.287. The molecule has 3 aromatic rings. The number of carbonyl (C=O) groups excluding carboxylic acids is 1. The minimum atomic E-state index is -0.987. The van der Waals surface area contributed by atoms with E-state index in [2.05, 4.69) is 5.32 Å². The first-order chi connectivity index (χ1) is 14.4. The largest absolute Gasteiger partial charge is 0.465 e. The summed E-state index contributed by atoms with van der Waals surface area (Å²) in [5.41, 5.74) is 4.54. The molecular weight excluding hydrogens is 400 g/mol. The van der Waals surface area contributed by atoms with Crippen molar-refractivity contribution in [3.63, 3.8) is 0 Å². The zero-order valence-electron chi connectivity index (χ0n) is 16.4. The smallest absolute Gasteiger partial charge is 0.407 e. The quantitative estimate of drug-likeness (QED) is 0.497. The van der Waals surface area contributed by atoms with Crippen LogP contribution in [0.5, 0.6) is 0 Å². The highest BCUT2D eigenvalue weighted by Gasteiger charge is 2.06. The molecule has 0 heterocycles. The summed E-state index contributed by atoms with van der Waals surface area (Å²) in [7, 11) is 1.50. The molecular formula is C24H21ClN2O3. The van der Waals surface area contributed by atoms with Crippen LogP contribution in [0.15, 0.2) is 78.9 Å². The number of hydrogen-bond acceptors (Lipinski definition) is 2. The second kappa shape index (κ2) is 9.76. The number of halogens is 1. The highest BCUT2D eigenvalue weighted by Crippen LogP contribution is 2.22. The van der Waals surface area contributed by atoms with Crippen molar-refractivity contribution in [2.75, 3.05) is 12.4 Å². The lowest BCUT2D eigenvalue weighted by Gasteiger charge is -2.13. The number of carbonyl (C=O) groups is 2. The van der Waals surface area contributed by atoms with Gasteiger partial charge in [-0.3, -0.25) is 4.79 Å². The van der Waals surface area contributed by atoms with Crippen molar-refractivity contribution in [2.24, 2.45) is 0 Å². The number of amides is 2. The van der Waals surface area contributed by atoms with Crippen molar-refractivity contribution < 1.29 is 14.7 Å². The first-order valence-electron chi connectivity index (χ1n) is 9.29. The van der Waals surface area contributed by atoms with Gasteiger partial charge in [-0.2, -0.15) is 0 Å². The fraction of sp³-hybridized carbons (Fsp3) is 0.0833. The molecule has 30 heavy (non-hydrogen) atoms. The maximum atomic E-state index is 12.2. The molecule has 0 aliphatic rings. The predicted molar refractivity (Wildman–Crippen MR) is 120 cm³/mol. The Bertz CT molecular complexity index is 1040. The van der Waals surface area contributed by atoms with Gasteiger partial charge in [-0.05, 0) is 52.6 Å². The average Bonchev–Trinajstić information content (AvgIpc) is 2.74. The number of hydrogen-bond donors (Lipinski definition) is 2. The van der Waals surface area contributed by atoms with Gasteiger partial charge in [0.15, 0.2) is 0 Å². The number of carboxylic acid groups (broad SMARTS) is 1. The second-order valence-corrected chi connectivity index (χ2v) is 7.22. The lowest BCUT2D eigenvalue weighted by molar-refractivity contribution is -0.111. The molecule has 2 N–H and O–H groups in total. The van der Waals surface area contributed by atoms with Gasteiger partial charge in [0.05, 0.1) is 0 Å². The molecule has 0 saturated heterocycles. The van der Waals surface area contributed by atoms with E-state index in [0.717, 1.165) is 22.3 Å². The van der Waals surface area contributed by atoms with E-state index in [1.165, 1.54) is 18.0 Å². The van der Waals surface area contributed by atoms with Crippen LogP contribution in [-0.2, 0) is 11.3 Å². The first kappa shape index (κ1) is 21.1. The van der Waals surface area contributed by atoms with Crippen LogP contribution < -0.4 is 5.32 Å². The molecule has 0 unspecified atom stereocenters. The van der Waals surface area contributed by atoms with E-state index < -0.39 is 6.09 Å². The molecule has 152 valence electrons. The third kappa shape index (κ3) is 5.96. The Kier molecular flexibility index (Phi) is 6.88. The molecule has 5 nitrogen and oxygen atoms in total. The van der Waals surface area contributed by atoms with Gasteiger partial charge in [0, 0.05) is 30.4 Å². The molecule has 6 heteroatoms. The summed E-state index contributed by atoms with van der Waals surface area (Å²) in [6, 6.07) is 22.6. The van der Waals surface area contributed by atoms with Gasteiger partial charge in [-0.1, -0.05) is 60.1 Å². The highest BCUT2D eigenvalue weighted by atomic mass is 35.5. The zero-order valence-corrected chi connectivity index (χ0v) is 17.1. The maximum Gasteiger partial charge on any atom is 0.407 e. The van der Waals surface area contributed by atoms with Crippen molar-refractivity contribution in [3.05, 3.63) is 95.0 Å². The van der Waals surface area contributed by atoms with E-state index in [-0.39, 0.29) is 12.5 Å². The van der Waals surface area contributed by atoms with E-state index in [0.29, 0.717) is 10.7 Å². The Morgan fingerprint density at radius 1 is 0.933 bits per heavy atom. The van der Waals surface area contributed by atoms with E-state index in [9.17, 15) is 9.59 Å². The Balaban J connectivity index is 1.56. The summed E-state index contributed by atoms with van der Waals surface area (Å²) in [5, 5.41) is 12.4. The van der Waals surface area contributed by atoms with Gasteiger partial charge in [-0.15, -0.1) is 0 Å². The van der Waals surface area contributed by atoms with Crippen LogP contribution in [0, 0.1) is 0 Å². The summed E-state index contributed by atoms with van der Waals surface area (Å²) in [5.74, 6) is -0.243. The molecule has 0 radical (unpaired) electrons. The van der Waals surface area contributed by atoms with Crippen molar-refractivity contribution in [1.82, 2.24) is 4.90 Å². The number of benzene rings is 3. The zero-order chi connectivity index (χ0) is 21.5. The van der Waals surface area contributed by atoms with Crippen LogP contribution in [0.3, 0.4) is 0 Å². The SMILES string of the molecule is CN(Cc1ccc(NC(=O)/C=C/c2ccc(-c3ccc(Cl)cc3)cc2)cc1)C(=O)O. The van der Waals surface area contributed by atoms with Crippen molar-refractivity contribution in [2.45, 2.75) is 6.54 Å². The fourth-order valence-electron chi connectivity index (χ4n) is 2.82. The second-order valence-electron chi connectivity index (χ2n) is 6.79. The van der Waals surface area contributed by atoms with Gasteiger partial charge < -0.3 is 15.3 Å². The standard InChI is InChI=1S/C24H21ClN2O3/c1-27(24(29)30)16-18-4-13-22(14-5-18)26-23(28)15-6-17-2-7-19(8-3-17)20-9-11-21(25)12-10-20/h2-15H,16H2,1H3,(H,26,28)(H,29,30)/b15-6+. The molecule has 0 spiro atoms. The molecule has 3 rings (SSSR count). The summed E-state index contributed by atoms with van der Waals surface area (Å²) < 4.78 is 0. The number of nitrogens with one attached hydrogen (secondary N) is 1. The number of nitrogens with zero attached hydrogens (tertiary/aromatic N) is 1. The highest BCUT2D eigenvalue weighted by molar-refractivity contribution is 6.30. The molecule has 0 bridgehead atoms. The Morgan fingerprint density at radius 2 is 1.50 bits per heavy atom. The number of rotatable bonds is 6. The maximum absolute atomic E-state index is 12.2. The number of anilines is 1. The predicted octanol–water partition coefficient (Wildman–Crippen LogP) is 5.77. The normalized spacial score (nSPS) is 10.7. The fourth-order valence-corrected chi connectivity index (χ4v) is 2.95. The molecule has 0 aliphatic carbocycles. The molecule has 0 atom stereocenters. The van der Waals surface area contributed by atoms with Crippen molar-refractivity contribution >= 4 is 35.4 Å².